The average Bonchev–Trinajstić information content (AvgIpc) is 3.03. The van der Waals surface area contributed by atoms with Gasteiger partial charge >= 0.3 is 0 Å². The number of carbonyl (C=O) groups excluding carboxylic acids is 2. The van der Waals surface area contributed by atoms with Gasteiger partial charge in [-0.3, -0.25) is 14.6 Å². The van der Waals surface area contributed by atoms with Crippen molar-refractivity contribution in [3.63, 3.8) is 0 Å². The Balaban J connectivity index is 1.44. The van der Waals surface area contributed by atoms with Crippen LogP contribution in [0.15, 0.2) is 65.7 Å². The van der Waals surface area contributed by atoms with E-state index in [0.29, 0.717) is 60.9 Å². The Kier molecular flexibility index (Phi) is 9.61. The van der Waals surface area contributed by atoms with Crippen LogP contribution in [0, 0.1) is 0 Å². The molecule has 1 amide bonds. The number of ketones is 1. The number of carbonyl (C=O) groups is 2. The fourth-order valence-electron chi connectivity index (χ4n) is 4.91. The van der Waals surface area contributed by atoms with Crippen LogP contribution in [0.2, 0.25) is 10.0 Å². The van der Waals surface area contributed by atoms with Gasteiger partial charge in [0.15, 0.2) is 11.7 Å². The molecule has 38 heavy (non-hydrogen) atoms. The van der Waals surface area contributed by atoms with Crippen LogP contribution >= 0.6 is 23.2 Å². The Labute approximate surface area is 233 Å². The lowest BCUT2D eigenvalue weighted by Crippen LogP contribution is -2.45. The Bertz CT molecular complexity index is 1310. The molecule has 0 aliphatic carbocycles. The number of nitrogens with zero attached hydrogens (tertiary/aromatic N) is 2. The van der Waals surface area contributed by atoms with Gasteiger partial charge in [-0.25, -0.2) is 0 Å². The average molecular weight is 555 g/mol. The van der Waals surface area contributed by atoms with E-state index in [0.717, 1.165) is 22.8 Å². The quantitative estimate of drug-likeness (QED) is 0.143. The molecule has 9 heteroatoms. The van der Waals surface area contributed by atoms with Gasteiger partial charge in [-0.1, -0.05) is 59.6 Å². The first-order chi connectivity index (χ1) is 18.3. The first-order valence-corrected chi connectivity index (χ1v) is 13.6. The number of guanidine groups is 1. The van der Waals surface area contributed by atoms with Crippen molar-refractivity contribution in [2.45, 2.75) is 50.7 Å². The second-order valence-electron chi connectivity index (χ2n) is 9.71. The van der Waals surface area contributed by atoms with Crippen molar-refractivity contribution in [3.05, 3.63) is 81.8 Å². The maximum Gasteiger partial charge on any atom is 0.240 e. The molecule has 4 rings (SSSR count). The number of hydrogen-bond acceptors (Lipinski definition) is 4. The molecule has 0 unspecified atom stereocenters. The van der Waals surface area contributed by atoms with E-state index in [1.54, 1.807) is 6.07 Å². The van der Waals surface area contributed by atoms with Gasteiger partial charge in [-0.2, -0.15) is 0 Å². The Morgan fingerprint density at radius 3 is 2.47 bits per heavy atom. The summed E-state index contributed by atoms with van der Waals surface area (Å²) in [6, 6.07) is 18.8. The van der Waals surface area contributed by atoms with Crippen LogP contribution in [0.1, 0.15) is 48.0 Å². The van der Waals surface area contributed by atoms with Crippen molar-refractivity contribution < 1.29 is 9.59 Å². The van der Waals surface area contributed by atoms with E-state index in [4.69, 9.17) is 34.7 Å². The van der Waals surface area contributed by atoms with Gasteiger partial charge in [0.1, 0.15) is 0 Å². The zero-order chi connectivity index (χ0) is 27.1. The Morgan fingerprint density at radius 1 is 1.00 bits per heavy atom. The fraction of sp³-hybridized carbons (Fsp3) is 0.345. The van der Waals surface area contributed by atoms with Gasteiger partial charge in [0.05, 0.1) is 6.04 Å². The molecule has 2 atom stereocenters. The summed E-state index contributed by atoms with van der Waals surface area (Å²) in [6.07, 6.45) is 3.00. The van der Waals surface area contributed by atoms with E-state index >= 15 is 0 Å². The maximum atomic E-state index is 13.5. The predicted molar refractivity (Wildman–Crippen MR) is 155 cm³/mol. The molecule has 0 aromatic heterocycles. The third-order valence-corrected chi connectivity index (χ3v) is 7.26. The van der Waals surface area contributed by atoms with Crippen LogP contribution in [-0.2, 0) is 11.3 Å². The lowest BCUT2D eigenvalue weighted by molar-refractivity contribution is -0.133. The van der Waals surface area contributed by atoms with Crippen molar-refractivity contribution in [3.8, 4) is 0 Å². The highest BCUT2D eigenvalue weighted by Crippen LogP contribution is 2.23. The molecule has 1 aliphatic rings. The second kappa shape index (κ2) is 13.1. The van der Waals surface area contributed by atoms with Crippen LogP contribution in [-0.4, -0.2) is 47.7 Å². The van der Waals surface area contributed by atoms with E-state index in [-0.39, 0.29) is 23.7 Å². The van der Waals surface area contributed by atoms with Crippen molar-refractivity contribution in [2.24, 2.45) is 16.5 Å². The van der Waals surface area contributed by atoms with Crippen LogP contribution in [0.5, 0.6) is 0 Å². The maximum absolute atomic E-state index is 13.5. The number of amides is 1. The molecule has 3 aromatic rings. The minimum Gasteiger partial charge on any atom is -0.370 e. The van der Waals surface area contributed by atoms with Gasteiger partial charge in [0.2, 0.25) is 5.91 Å². The first-order valence-electron chi connectivity index (χ1n) is 12.9. The molecule has 0 spiro atoms. The van der Waals surface area contributed by atoms with E-state index in [2.05, 4.69) is 10.3 Å². The topological polar surface area (TPSA) is 114 Å². The lowest BCUT2D eigenvalue weighted by atomic mass is 9.99. The summed E-state index contributed by atoms with van der Waals surface area (Å²) in [5.74, 6) is 0.145. The van der Waals surface area contributed by atoms with Gasteiger partial charge in [-0.05, 0) is 66.3 Å². The molecule has 1 heterocycles. The van der Waals surface area contributed by atoms with E-state index in [1.165, 1.54) is 0 Å². The SMILES string of the molecule is NC(N)=NCCC[C@@H]1N[C@H](CCC(=O)c2ccc3ccccc3c2)CCN(Cc2cc(Cl)cc(Cl)c2)C1=O. The molecule has 7 nitrogen and oxygen atoms in total. The van der Waals surface area contributed by atoms with E-state index in [9.17, 15) is 9.59 Å². The Hall–Kier alpha value is -3.13. The molecule has 1 saturated heterocycles. The molecule has 1 aliphatic heterocycles. The number of fused-ring (bicyclic) bond motifs is 1. The summed E-state index contributed by atoms with van der Waals surface area (Å²) in [5.41, 5.74) is 12.5. The summed E-state index contributed by atoms with van der Waals surface area (Å²) >= 11 is 12.4. The highest BCUT2D eigenvalue weighted by Gasteiger charge is 2.31. The summed E-state index contributed by atoms with van der Waals surface area (Å²) in [4.78, 5) is 32.4. The zero-order valence-corrected chi connectivity index (χ0v) is 22.7. The van der Waals surface area contributed by atoms with Crippen molar-refractivity contribution in [1.29, 1.82) is 0 Å². The first kappa shape index (κ1) is 27.9. The summed E-state index contributed by atoms with van der Waals surface area (Å²) in [5, 5.41) is 6.75. The third kappa shape index (κ3) is 7.69. The summed E-state index contributed by atoms with van der Waals surface area (Å²) in [7, 11) is 0. The van der Waals surface area contributed by atoms with Crippen molar-refractivity contribution in [2.75, 3.05) is 13.1 Å². The molecular weight excluding hydrogens is 521 g/mol. The van der Waals surface area contributed by atoms with Crippen LogP contribution < -0.4 is 16.8 Å². The van der Waals surface area contributed by atoms with Crippen LogP contribution in [0.4, 0.5) is 0 Å². The molecular formula is C29H33Cl2N5O2. The molecule has 3 aromatic carbocycles. The molecule has 200 valence electrons. The lowest BCUT2D eigenvalue weighted by Gasteiger charge is -2.25. The van der Waals surface area contributed by atoms with Gasteiger partial charge in [0, 0.05) is 47.7 Å². The second-order valence-corrected chi connectivity index (χ2v) is 10.6. The highest BCUT2D eigenvalue weighted by molar-refractivity contribution is 6.34. The highest BCUT2D eigenvalue weighted by atomic mass is 35.5. The van der Waals surface area contributed by atoms with Crippen LogP contribution in [0.25, 0.3) is 10.8 Å². The number of halogens is 2. The summed E-state index contributed by atoms with van der Waals surface area (Å²) in [6.45, 7) is 1.42. The largest absolute Gasteiger partial charge is 0.370 e. The smallest absolute Gasteiger partial charge is 0.240 e. The number of nitrogens with two attached hydrogens (primary N) is 2. The Morgan fingerprint density at radius 2 is 1.74 bits per heavy atom. The number of benzene rings is 3. The van der Waals surface area contributed by atoms with E-state index in [1.807, 2.05) is 59.5 Å². The monoisotopic (exact) mass is 553 g/mol. The minimum absolute atomic E-state index is 0.00848. The molecule has 0 bridgehead atoms. The van der Waals surface area contributed by atoms with Crippen molar-refractivity contribution >= 4 is 51.6 Å². The number of aliphatic imine (C=N–C) groups is 1. The molecule has 0 radical (unpaired) electrons. The van der Waals surface area contributed by atoms with Gasteiger partial charge in [0.25, 0.3) is 0 Å². The van der Waals surface area contributed by atoms with Gasteiger partial charge < -0.3 is 21.7 Å². The molecule has 5 N–H and O–H groups in total. The van der Waals surface area contributed by atoms with E-state index < -0.39 is 6.04 Å². The minimum atomic E-state index is -0.401. The number of hydrogen-bond donors (Lipinski definition) is 3. The molecule has 0 saturated carbocycles. The summed E-state index contributed by atoms with van der Waals surface area (Å²) < 4.78 is 0. The third-order valence-electron chi connectivity index (χ3n) is 6.83. The number of nitrogens with one attached hydrogen (secondary N) is 1. The fourth-order valence-corrected chi connectivity index (χ4v) is 5.48. The molecule has 1 fully saturated rings. The van der Waals surface area contributed by atoms with Crippen LogP contribution in [0.3, 0.4) is 0 Å². The standard InChI is InChI=1S/C29H33Cl2N5O2/c30-23-14-19(15-24(31)17-23)18-36-13-11-25(35-26(28(36)38)6-3-12-34-29(32)33)9-10-27(37)22-8-7-20-4-1-2-5-21(20)16-22/h1-2,4-5,7-8,14-17,25-26,35H,3,6,9-13,18H2,(H4,32,33,34)/t25-,26+/m1/s1. The number of Topliss-reactive ketones (excluding diaryl/α,β-unsaturated/α-hetero) is 1. The predicted octanol–water partition coefficient (Wildman–Crippen LogP) is 4.92. The zero-order valence-electron chi connectivity index (χ0n) is 21.2. The normalized spacial score (nSPS) is 17.8. The number of rotatable bonds is 10. The van der Waals surface area contributed by atoms with Gasteiger partial charge in [-0.15, -0.1) is 0 Å². The van der Waals surface area contributed by atoms with Crippen molar-refractivity contribution in [1.82, 2.24) is 10.2 Å².